The molecular formula is C15H19BrClNO2. The highest BCUT2D eigenvalue weighted by molar-refractivity contribution is 9.10. The van der Waals surface area contributed by atoms with Crippen LogP contribution in [0.5, 0.6) is 0 Å². The van der Waals surface area contributed by atoms with Crippen LogP contribution < -0.4 is 0 Å². The van der Waals surface area contributed by atoms with Gasteiger partial charge in [0.05, 0.1) is 18.2 Å². The second-order valence-corrected chi connectivity index (χ2v) is 6.97. The van der Waals surface area contributed by atoms with Gasteiger partial charge in [-0.15, -0.1) is 0 Å². The van der Waals surface area contributed by atoms with Crippen LogP contribution in [0.3, 0.4) is 0 Å². The molecule has 0 radical (unpaired) electrons. The molecule has 0 saturated carbocycles. The lowest BCUT2D eigenvalue weighted by Gasteiger charge is -2.42. The van der Waals surface area contributed by atoms with Gasteiger partial charge in [0, 0.05) is 35.1 Å². The van der Waals surface area contributed by atoms with Gasteiger partial charge >= 0.3 is 0 Å². The number of ketones is 1. The second-order valence-electron chi connectivity index (χ2n) is 5.65. The van der Waals surface area contributed by atoms with Gasteiger partial charge in [-0.3, -0.25) is 9.69 Å². The van der Waals surface area contributed by atoms with Crippen molar-refractivity contribution in [2.45, 2.75) is 25.8 Å². The molecule has 3 nitrogen and oxygen atoms in total. The van der Waals surface area contributed by atoms with Gasteiger partial charge in [0.2, 0.25) is 0 Å². The molecule has 0 spiro atoms. The SMILES string of the molecule is CC1(C)COCCN1CCC(=O)c1ccc(Br)cc1Cl. The predicted octanol–water partition coefficient (Wildman–Crippen LogP) is 3.79. The fraction of sp³-hybridized carbons (Fsp3) is 0.533. The van der Waals surface area contributed by atoms with Crippen LogP contribution in [0.4, 0.5) is 0 Å². The normalized spacial score (nSPS) is 19.0. The molecule has 1 aliphatic heterocycles. The molecule has 0 aliphatic carbocycles. The number of hydrogen-bond donors (Lipinski definition) is 0. The van der Waals surface area contributed by atoms with Gasteiger partial charge in [0.1, 0.15) is 0 Å². The summed E-state index contributed by atoms with van der Waals surface area (Å²) in [4.78, 5) is 14.6. The molecule has 20 heavy (non-hydrogen) atoms. The highest BCUT2D eigenvalue weighted by Crippen LogP contribution is 2.24. The smallest absolute Gasteiger partial charge is 0.165 e. The van der Waals surface area contributed by atoms with E-state index in [0.29, 0.717) is 23.6 Å². The minimum absolute atomic E-state index is 0.0119. The summed E-state index contributed by atoms with van der Waals surface area (Å²) in [5.41, 5.74) is 0.586. The van der Waals surface area contributed by atoms with E-state index in [9.17, 15) is 4.79 Å². The molecule has 0 atom stereocenters. The number of halogens is 2. The zero-order valence-corrected chi connectivity index (χ0v) is 14.1. The number of nitrogens with zero attached hydrogens (tertiary/aromatic N) is 1. The topological polar surface area (TPSA) is 29.5 Å². The van der Waals surface area contributed by atoms with Crippen LogP contribution in [0.1, 0.15) is 30.6 Å². The lowest BCUT2D eigenvalue weighted by Crippen LogP contribution is -2.53. The standard InChI is InChI=1S/C15H19BrClNO2/c1-15(2)10-20-8-7-18(15)6-5-14(19)12-4-3-11(16)9-13(12)17/h3-4,9H,5-8,10H2,1-2H3. The maximum atomic E-state index is 12.3. The molecule has 0 unspecified atom stereocenters. The molecule has 1 saturated heterocycles. The molecule has 1 aromatic rings. The third-order valence-electron chi connectivity index (χ3n) is 3.66. The van der Waals surface area contributed by atoms with Gasteiger partial charge < -0.3 is 4.74 Å². The average molecular weight is 361 g/mol. The summed E-state index contributed by atoms with van der Waals surface area (Å²) in [6.07, 6.45) is 0.477. The Hall–Kier alpha value is -0.420. The predicted molar refractivity (Wildman–Crippen MR) is 84.6 cm³/mol. The number of Topliss-reactive ketones (excluding diaryl/α,β-unsaturated/α-hetero) is 1. The van der Waals surface area contributed by atoms with Gasteiger partial charge in [-0.2, -0.15) is 0 Å². The average Bonchev–Trinajstić information content (AvgIpc) is 2.36. The van der Waals surface area contributed by atoms with Crippen molar-refractivity contribution in [1.29, 1.82) is 0 Å². The lowest BCUT2D eigenvalue weighted by molar-refractivity contribution is -0.0502. The summed E-state index contributed by atoms with van der Waals surface area (Å²) >= 11 is 9.46. The number of morpholine rings is 1. The van der Waals surface area contributed by atoms with Gasteiger partial charge in [0.15, 0.2) is 5.78 Å². The Balaban J connectivity index is 1.98. The summed E-state index contributed by atoms with van der Waals surface area (Å²) in [6, 6.07) is 5.38. The molecule has 0 N–H and O–H groups in total. The third-order valence-corrected chi connectivity index (χ3v) is 4.46. The largest absolute Gasteiger partial charge is 0.378 e. The first-order valence-corrected chi connectivity index (χ1v) is 7.88. The number of carbonyl (C=O) groups excluding carboxylic acids is 1. The van der Waals surface area contributed by atoms with Crippen molar-refractivity contribution in [3.8, 4) is 0 Å². The molecule has 5 heteroatoms. The lowest BCUT2D eigenvalue weighted by atomic mass is 10.0. The van der Waals surface area contributed by atoms with E-state index in [1.165, 1.54) is 0 Å². The van der Waals surface area contributed by atoms with Crippen molar-refractivity contribution in [1.82, 2.24) is 4.90 Å². The van der Waals surface area contributed by atoms with Crippen LogP contribution in [-0.4, -0.2) is 42.5 Å². The van der Waals surface area contributed by atoms with Gasteiger partial charge in [-0.05, 0) is 32.0 Å². The van der Waals surface area contributed by atoms with Crippen LogP contribution >= 0.6 is 27.5 Å². The van der Waals surface area contributed by atoms with Crippen molar-refractivity contribution >= 4 is 33.3 Å². The summed E-state index contributed by atoms with van der Waals surface area (Å²) < 4.78 is 6.37. The van der Waals surface area contributed by atoms with Crippen LogP contribution in [0.25, 0.3) is 0 Å². The van der Waals surface area contributed by atoms with Crippen molar-refractivity contribution in [3.63, 3.8) is 0 Å². The molecule has 1 fully saturated rings. The van der Waals surface area contributed by atoms with Crippen molar-refractivity contribution in [2.75, 3.05) is 26.3 Å². The highest BCUT2D eigenvalue weighted by Gasteiger charge is 2.30. The van der Waals surface area contributed by atoms with Gasteiger partial charge in [0.25, 0.3) is 0 Å². The highest BCUT2D eigenvalue weighted by atomic mass is 79.9. The first kappa shape index (κ1) is 16.0. The third kappa shape index (κ3) is 3.82. The molecule has 1 aromatic carbocycles. The van der Waals surface area contributed by atoms with Crippen LogP contribution in [0.15, 0.2) is 22.7 Å². The van der Waals surface area contributed by atoms with Crippen LogP contribution in [0.2, 0.25) is 5.02 Å². The van der Waals surface area contributed by atoms with E-state index in [0.717, 1.165) is 24.2 Å². The van der Waals surface area contributed by atoms with E-state index in [2.05, 4.69) is 34.7 Å². The number of rotatable bonds is 4. The minimum atomic E-state index is -0.0119. The Morgan fingerprint density at radius 3 is 2.90 bits per heavy atom. The summed E-state index contributed by atoms with van der Waals surface area (Å²) in [5.74, 6) is 0.0878. The second kappa shape index (κ2) is 6.56. The Labute approximate surface area is 133 Å². The summed E-state index contributed by atoms with van der Waals surface area (Å²) in [6.45, 7) is 7.33. The number of ether oxygens (including phenoxy) is 1. The Morgan fingerprint density at radius 1 is 1.50 bits per heavy atom. The number of benzene rings is 1. The first-order chi connectivity index (χ1) is 9.40. The molecule has 1 heterocycles. The quantitative estimate of drug-likeness (QED) is 0.765. The van der Waals surface area contributed by atoms with E-state index < -0.39 is 0 Å². The summed E-state index contributed by atoms with van der Waals surface area (Å²) in [7, 11) is 0. The van der Waals surface area contributed by atoms with Crippen LogP contribution in [0, 0.1) is 0 Å². The molecule has 1 aliphatic rings. The van der Waals surface area contributed by atoms with Crippen molar-refractivity contribution in [3.05, 3.63) is 33.3 Å². The zero-order chi connectivity index (χ0) is 14.8. The fourth-order valence-corrected chi connectivity index (χ4v) is 3.17. The van der Waals surface area contributed by atoms with Gasteiger partial charge in [-0.25, -0.2) is 0 Å². The molecule has 0 aromatic heterocycles. The molecule has 0 amide bonds. The maximum Gasteiger partial charge on any atom is 0.165 e. The molecule has 0 bridgehead atoms. The maximum absolute atomic E-state index is 12.3. The fourth-order valence-electron chi connectivity index (χ4n) is 2.39. The van der Waals surface area contributed by atoms with E-state index in [4.69, 9.17) is 16.3 Å². The van der Waals surface area contributed by atoms with E-state index in [1.54, 1.807) is 12.1 Å². The summed E-state index contributed by atoms with van der Waals surface area (Å²) in [5, 5.41) is 0.505. The van der Waals surface area contributed by atoms with E-state index in [1.807, 2.05) is 6.07 Å². The molecule has 2 rings (SSSR count). The molecule has 110 valence electrons. The van der Waals surface area contributed by atoms with Crippen molar-refractivity contribution in [2.24, 2.45) is 0 Å². The first-order valence-electron chi connectivity index (χ1n) is 6.71. The Kier molecular flexibility index (Phi) is 5.24. The monoisotopic (exact) mass is 359 g/mol. The zero-order valence-electron chi connectivity index (χ0n) is 11.8. The minimum Gasteiger partial charge on any atom is -0.378 e. The molecular weight excluding hydrogens is 342 g/mol. The number of hydrogen-bond acceptors (Lipinski definition) is 3. The van der Waals surface area contributed by atoms with Gasteiger partial charge in [-0.1, -0.05) is 27.5 Å². The van der Waals surface area contributed by atoms with Crippen molar-refractivity contribution < 1.29 is 9.53 Å². The van der Waals surface area contributed by atoms with E-state index in [-0.39, 0.29) is 11.3 Å². The van der Waals surface area contributed by atoms with Crippen LogP contribution in [-0.2, 0) is 4.74 Å². The number of carbonyl (C=O) groups is 1. The van der Waals surface area contributed by atoms with E-state index >= 15 is 0 Å². The Bertz CT molecular complexity index is 505. The Morgan fingerprint density at radius 2 is 2.25 bits per heavy atom.